The molecule has 23 heavy (non-hydrogen) atoms. The predicted molar refractivity (Wildman–Crippen MR) is 87.9 cm³/mol. The fourth-order valence-electron chi connectivity index (χ4n) is 2.02. The molecule has 0 aliphatic carbocycles. The second kappa shape index (κ2) is 7.64. The van der Waals surface area contributed by atoms with Gasteiger partial charge in [0.25, 0.3) is 0 Å². The molecule has 0 fully saturated rings. The molecule has 0 radical (unpaired) electrons. The Hall–Kier alpha value is -2.54. The summed E-state index contributed by atoms with van der Waals surface area (Å²) in [5.41, 5.74) is 0.784. The molecule has 0 bridgehead atoms. The fourth-order valence-corrected chi connectivity index (χ4v) is 2.92. The fraction of sp³-hybridized carbons (Fsp3) is 0.250. The highest BCUT2D eigenvalue weighted by Gasteiger charge is 2.21. The van der Waals surface area contributed by atoms with Crippen molar-refractivity contribution in [3.63, 3.8) is 0 Å². The largest absolute Gasteiger partial charge is 0.493 e. The highest BCUT2D eigenvalue weighted by molar-refractivity contribution is 7.14. The van der Waals surface area contributed by atoms with E-state index >= 15 is 0 Å². The molecule has 1 aromatic carbocycles. The second-order valence-electron chi connectivity index (χ2n) is 4.47. The van der Waals surface area contributed by atoms with Gasteiger partial charge in [-0.25, -0.2) is 4.79 Å². The standard InChI is InChI=1S/C16H17NO5S/c1-4-17-22-15(13-7-8-14(23-13)16(18)19)10-5-6-11(20-2)12(9-10)21-3/h4-9,15H,1-3H3,(H,18,19)/b17-4+. The number of oxime groups is 1. The molecular weight excluding hydrogens is 318 g/mol. The number of thiophene rings is 1. The minimum Gasteiger partial charge on any atom is -0.493 e. The van der Waals surface area contributed by atoms with Crippen LogP contribution in [0.3, 0.4) is 0 Å². The SMILES string of the molecule is C/C=N/OC(c1ccc(OC)c(OC)c1)c1ccc(C(=O)O)s1. The third-order valence-electron chi connectivity index (χ3n) is 3.08. The molecule has 0 saturated carbocycles. The van der Waals surface area contributed by atoms with E-state index in [0.29, 0.717) is 11.5 Å². The van der Waals surface area contributed by atoms with Crippen molar-refractivity contribution in [3.05, 3.63) is 45.6 Å². The number of hydrogen-bond donors (Lipinski definition) is 1. The van der Waals surface area contributed by atoms with E-state index in [-0.39, 0.29) is 4.88 Å². The van der Waals surface area contributed by atoms with Crippen LogP contribution in [-0.2, 0) is 4.84 Å². The first-order chi connectivity index (χ1) is 11.1. The van der Waals surface area contributed by atoms with Crippen LogP contribution in [0.2, 0.25) is 0 Å². The van der Waals surface area contributed by atoms with Crippen molar-refractivity contribution in [1.29, 1.82) is 0 Å². The molecular formula is C16H17NO5S. The minimum atomic E-state index is -0.966. The summed E-state index contributed by atoms with van der Waals surface area (Å²) in [4.78, 5) is 17.6. The van der Waals surface area contributed by atoms with Gasteiger partial charge in [-0.05, 0) is 31.2 Å². The van der Waals surface area contributed by atoms with Crippen molar-refractivity contribution in [2.75, 3.05) is 14.2 Å². The molecule has 0 spiro atoms. The summed E-state index contributed by atoms with van der Waals surface area (Å²) >= 11 is 1.15. The zero-order valence-corrected chi connectivity index (χ0v) is 13.8. The summed E-state index contributed by atoms with van der Waals surface area (Å²) in [5, 5.41) is 12.9. The quantitative estimate of drug-likeness (QED) is 0.618. The molecule has 2 rings (SSSR count). The van der Waals surface area contributed by atoms with E-state index in [0.717, 1.165) is 21.8 Å². The van der Waals surface area contributed by atoms with Crippen LogP contribution in [0.5, 0.6) is 11.5 Å². The van der Waals surface area contributed by atoms with Gasteiger partial charge in [-0.1, -0.05) is 11.2 Å². The molecule has 0 amide bonds. The molecule has 0 saturated heterocycles. The number of carboxylic acid groups (broad SMARTS) is 1. The van der Waals surface area contributed by atoms with Gasteiger partial charge < -0.3 is 19.4 Å². The summed E-state index contributed by atoms with van der Waals surface area (Å²) in [6, 6.07) is 8.66. The molecule has 7 heteroatoms. The maximum atomic E-state index is 11.1. The van der Waals surface area contributed by atoms with E-state index in [1.54, 1.807) is 45.4 Å². The topological polar surface area (TPSA) is 77.3 Å². The zero-order chi connectivity index (χ0) is 16.8. The number of aromatic carboxylic acids is 1. The van der Waals surface area contributed by atoms with E-state index in [1.165, 1.54) is 6.21 Å². The first kappa shape index (κ1) is 16.8. The number of carbonyl (C=O) groups is 1. The van der Waals surface area contributed by atoms with Gasteiger partial charge in [0.15, 0.2) is 17.6 Å². The Kier molecular flexibility index (Phi) is 5.59. The van der Waals surface area contributed by atoms with Crippen LogP contribution in [0, 0.1) is 0 Å². The van der Waals surface area contributed by atoms with Crippen molar-refractivity contribution in [2.45, 2.75) is 13.0 Å². The summed E-state index contributed by atoms with van der Waals surface area (Å²) < 4.78 is 10.5. The van der Waals surface area contributed by atoms with Gasteiger partial charge >= 0.3 is 5.97 Å². The lowest BCUT2D eigenvalue weighted by molar-refractivity contribution is 0.0702. The summed E-state index contributed by atoms with van der Waals surface area (Å²) in [6.07, 6.45) is 1.00. The highest BCUT2D eigenvalue weighted by atomic mass is 32.1. The van der Waals surface area contributed by atoms with Gasteiger partial charge in [0.05, 0.1) is 19.1 Å². The molecule has 122 valence electrons. The van der Waals surface area contributed by atoms with Gasteiger partial charge in [-0.2, -0.15) is 0 Å². The number of benzene rings is 1. The normalized spacial score (nSPS) is 12.1. The number of hydrogen-bond acceptors (Lipinski definition) is 6. The first-order valence-electron chi connectivity index (χ1n) is 6.79. The Balaban J connectivity index is 2.43. The van der Waals surface area contributed by atoms with E-state index < -0.39 is 12.1 Å². The Morgan fingerprint density at radius 1 is 1.22 bits per heavy atom. The average Bonchev–Trinajstić information content (AvgIpc) is 3.05. The predicted octanol–water partition coefficient (Wildman–Crippen LogP) is 3.58. The molecule has 0 aliphatic rings. The van der Waals surface area contributed by atoms with E-state index in [4.69, 9.17) is 19.4 Å². The van der Waals surface area contributed by atoms with Crippen molar-refractivity contribution < 1.29 is 24.2 Å². The highest BCUT2D eigenvalue weighted by Crippen LogP contribution is 2.36. The third-order valence-corrected chi connectivity index (χ3v) is 4.19. The summed E-state index contributed by atoms with van der Waals surface area (Å²) in [6.45, 7) is 1.74. The Bertz CT molecular complexity index is 710. The molecule has 1 heterocycles. The molecule has 1 atom stereocenters. The van der Waals surface area contributed by atoms with Crippen LogP contribution in [0.4, 0.5) is 0 Å². The third kappa shape index (κ3) is 3.81. The molecule has 0 aliphatic heterocycles. The molecule has 1 N–H and O–H groups in total. The number of ether oxygens (including phenoxy) is 2. The minimum absolute atomic E-state index is 0.245. The molecule has 1 unspecified atom stereocenters. The lowest BCUT2D eigenvalue weighted by Crippen LogP contribution is -2.02. The van der Waals surface area contributed by atoms with Crippen LogP contribution in [0.1, 0.15) is 33.1 Å². The average molecular weight is 335 g/mol. The Morgan fingerprint density at radius 3 is 2.52 bits per heavy atom. The van der Waals surface area contributed by atoms with Crippen molar-refractivity contribution >= 4 is 23.5 Å². The van der Waals surface area contributed by atoms with Crippen molar-refractivity contribution in [2.24, 2.45) is 5.16 Å². The van der Waals surface area contributed by atoms with Crippen LogP contribution >= 0.6 is 11.3 Å². The molecule has 1 aromatic heterocycles. The van der Waals surface area contributed by atoms with Crippen LogP contribution < -0.4 is 9.47 Å². The van der Waals surface area contributed by atoms with Crippen molar-refractivity contribution in [3.8, 4) is 11.5 Å². The Labute approximate surface area is 137 Å². The lowest BCUT2D eigenvalue weighted by atomic mass is 10.1. The molecule has 6 nitrogen and oxygen atoms in total. The van der Waals surface area contributed by atoms with Crippen LogP contribution in [0.25, 0.3) is 0 Å². The number of methoxy groups -OCH3 is 2. The maximum Gasteiger partial charge on any atom is 0.345 e. The lowest BCUT2D eigenvalue weighted by Gasteiger charge is -2.16. The summed E-state index contributed by atoms with van der Waals surface area (Å²) in [7, 11) is 3.11. The van der Waals surface area contributed by atoms with Gasteiger partial charge in [-0.15, -0.1) is 11.3 Å². The van der Waals surface area contributed by atoms with E-state index in [1.807, 2.05) is 6.07 Å². The number of nitrogens with zero attached hydrogens (tertiary/aromatic N) is 1. The second-order valence-corrected chi connectivity index (χ2v) is 5.59. The summed E-state index contributed by atoms with van der Waals surface area (Å²) in [5.74, 6) is 0.201. The first-order valence-corrected chi connectivity index (χ1v) is 7.61. The zero-order valence-electron chi connectivity index (χ0n) is 13.0. The number of rotatable bonds is 7. The Morgan fingerprint density at radius 2 is 1.96 bits per heavy atom. The van der Waals surface area contributed by atoms with Gasteiger partial charge in [0, 0.05) is 11.8 Å². The van der Waals surface area contributed by atoms with Crippen LogP contribution in [0.15, 0.2) is 35.5 Å². The maximum absolute atomic E-state index is 11.1. The van der Waals surface area contributed by atoms with E-state index in [2.05, 4.69) is 5.16 Å². The van der Waals surface area contributed by atoms with Crippen molar-refractivity contribution in [1.82, 2.24) is 0 Å². The number of carboxylic acids is 1. The smallest absolute Gasteiger partial charge is 0.345 e. The molecule has 2 aromatic rings. The van der Waals surface area contributed by atoms with E-state index in [9.17, 15) is 4.79 Å². The van der Waals surface area contributed by atoms with Gasteiger partial charge in [-0.3, -0.25) is 0 Å². The van der Waals surface area contributed by atoms with Crippen LogP contribution in [-0.4, -0.2) is 31.5 Å². The van der Waals surface area contributed by atoms with Gasteiger partial charge in [0.2, 0.25) is 0 Å². The van der Waals surface area contributed by atoms with Gasteiger partial charge in [0.1, 0.15) is 4.88 Å². The monoisotopic (exact) mass is 335 g/mol.